The predicted octanol–water partition coefficient (Wildman–Crippen LogP) is 2.36. The van der Waals surface area contributed by atoms with Gasteiger partial charge in [-0.25, -0.2) is 4.79 Å². The van der Waals surface area contributed by atoms with Crippen LogP contribution in [0.5, 0.6) is 0 Å². The molecule has 1 aliphatic carbocycles. The number of nitrogens with one attached hydrogen (secondary N) is 1. The van der Waals surface area contributed by atoms with Gasteiger partial charge in [-0.2, -0.15) is 11.8 Å². The summed E-state index contributed by atoms with van der Waals surface area (Å²) in [5.41, 5.74) is 7.52. The van der Waals surface area contributed by atoms with Gasteiger partial charge in [-0.05, 0) is 37.3 Å². The molecule has 1 aromatic carbocycles. The number of nitrogens with two attached hydrogens (primary N) is 1. The second-order valence-electron chi connectivity index (χ2n) is 4.53. The van der Waals surface area contributed by atoms with Crippen LogP contribution < -0.4 is 11.1 Å². The number of hydrogen-bond donors (Lipinski definition) is 2. The Balaban J connectivity index is 2.07. The first-order valence-electron chi connectivity index (χ1n) is 5.87. The Hall–Kier alpha value is -1.36. The van der Waals surface area contributed by atoms with Crippen LogP contribution in [0.15, 0.2) is 18.2 Å². The molecule has 0 saturated heterocycles. The van der Waals surface area contributed by atoms with E-state index in [1.807, 2.05) is 17.8 Å². The molecule has 0 unspecified atom stereocenters. The van der Waals surface area contributed by atoms with Crippen LogP contribution in [-0.2, 0) is 4.74 Å². The van der Waals surface area contributed by atoms with Gasteiger partial charge in [0.1, 0.15) is 0 Å². The number of benzene rings is 1. The molecule has 3 N–H and O–H groups in total. The Morgan fingerprint density at radius 3 is 2.83 bits per heavy atom. The summed E-state index contributed by atoms with van der Waals surface area (Å²) in [5, 5.41) is 3.36. The number of methoxy groups -OCH3 is 1. The normalized spacial score (nSPS) is 16.1. The standard InChI is InChI=1S/C13H18N2O2S/c1-17-12(16)10-7-9(3-4-11(10)14)15-8-13(18-2)5-6-13/h3-4,7,15H,5-6,8,14H2,1-2H3. The summed E-state index contributed by atoms with van der Waals surface area (Å²) < 4.78 is 5.08. The molecule has 0 aromatic heterocycles. The van der Waals surface area contributed by atoms with Crippen molar-refractivity contribution in [1.29, 1.82) is 0 Å². The number of carbonyl (C=O) groups is 1. The Morgan fingerprint density at radius 1 is 1.56 bits per heavy atom. The van der Waals surface area contributed by atoms with Gasteiger partial charge in [0.15, 0.2) is 0 Å². The summed E-state index contributed by atoms with van der Waals surface area (Å²) in [5.74, 6) is -0.401. The lowest BCUT2D eigenvalue weighted by Gasteiger charge is -2.15. The van der Waals surface area contributed by atoms with Crippen LogP contribution >= 0.6 is 11.8 Å². The van der Waals surface area contributed by atoms with Crippen molar-refractivity contribution in [3.63, 3.8) is 0 Å². The van der Waals surface area contributed by atoms with Crippen molar-refractivity contribution in [3.05, 3.63) is 23.8 Å². The summed E-state index contributed by atoms with van der Waals surface area (Å²) in [6, 6.07) is 5.36. The molecular weight excluding hydrogens is 248 g/mol. The monoisotopic (exact) mass is 266 g/mol. The molecule has 0 atom stereocenters. The molecule has 5 heteroatoms. The minimum atomic E-state index is -0.401. The topological polar surface area (TPSA) is 64.3 Å². The molecule has 0 bridgehead atoms. The maximum Gasteiger partial charge on any atom is 0.340 e. The first kappa shape index (κ1) is 13.1. The molecule has 2 rings (SSSR count). The van der Waals surface area contributed by atoms with Crippen molar-refractivity contribution >= 4 is 29.1 Å². The van der Waals surface area contributed by atoms with E-state index in [2.05, 4.69) is 11.6 Å². The molecule has 1 aliphatic rings. The van der Waals surface area contributed by atoms with E-state index in [1.165, 1.54) is 20.0 Å². The lowest BCUT2D eigenvalue weighted by molar-refractivity contribution is 0.0602. The number of rotatable bonds is 5. The fraction of sp³-hybridized carbons (Fsp3) is 0.462. The van der Waals surface area contributed by atoms with Gasteiger partial charge in [-0.3, -0.25) is 0 Å². The first-order chi connectivity index (χ1) is 8.60. The first-order valence-corrected chi connectivity index (χ1v) is 7.09. The average molecular weight is 266 g/mol. The van der Waals surface area contributed by atoms with Crippen molar-refractivity contribution in [1.82, 2.24) is 0 Å². The summed E-state index contributed by atoms with van der Waals surface area (Å²) >= 11 is 1.90. The third-order valence-corrected chi connectivity index (χ3v) is 4.73. The van der Waals surface area contributed by atoms with Crippen molar-refractivity contribution in [2.75, 3.05) is 31.0 Å². The van der Waals surface area contributed by atoms with Crippen LogP contribution in [0, 0.1) is 0 Å². The predicted molar refractivity (Wildman–Crippen MR) is 76.2 cm³/mol. The number of ether oxygens (including phenoxy) is 1. The lowest BCUT2D eigenvalue weighted by Crippen LogP contribution is -2.17. The largest absolute Gasteiger partial charge is 0.465 e. The quantitative estimate of drug-likeness (QED) is 0.632. The van der Waals surface area contributed by atoms with E-state index in [0.29, 0.717) is 16.0 Å². The second kappa shape index (κ2) is 5.10. The molecule has 0 heterocycles. The summed E-state index contributed by atoms with van der Waals surface area (Å²) in [6.07, 6.45) is 4.64. The number of thioether (sulfide) groups is 1. The van der Waals surface area contributed by atoms with Gasteiger partial charge in [0.2, 0.25) is 0 Å². The number of nitrogen functional groups attached to an aromatic ring is 1. The molecule has 0 radical (unpaired) electrons. The van der Waals surface area contributed by atoms with Gasteiger partial charge in [-0.1, -0.05) is 0 Å². The molecular formula is C13H18N2O2S. The molecule has 0 aliphatic heterocycles. The molecule has 4 nitrogen and oxygen atoms in total. The Kier molecular flexibility index (Phi) is 3.71. The third kappa shape index (κ3) is 2.72. The molecule has 18 heavy (non-hydrogen) atoms. The number of anilines is 2. The van der Waals surface area contributed by atoms with Crippen LogP contribution in [-0.4, -0.2) is 30.6 Å². The highest BCUT2D eigenvalue weighted by Gasteiger charge is 2.41. The summed E-state index contributed by atoms with van der Waals surface area (Å²) in [6.45, 7) is 0.915. The molecule has 98 valence electrons. The maximum absolute atomic E-state index is 11.5. The lowest BCUT2D eigenvalue weighted by atomic mass is 10.1. The minimum absolute atomic E-state index is 0.382. The van der Waals surface area contributed by atoms with Crippen molar-refractivity contribution < 1.29 is 9.53 Å². The van der Waals surface area contributed by atoms with E-state index in [9.17, 15) is 4.79 Å². The molecule has 1 aromatic rings. The second-order valence-corrected chi connectivity index (χ2v) is 5.81. The van der Waals surface area contributed by atoms with Gasteiger partial charge < -0.3 is 15.8 Å². The Labute approximate surface area is 111 Å². The zero-order chi connectivity index (χ0) is 13.2. The minimum Gasteiger partial charge on any atom is -0.465 e. The van der Waals surface area contributed by atoms with Crippen LogP contribution in [0.1, 0.15) is 23.2 Å². The fourth-order valence-corrected chi connectivity index (χ4v) is 2.54. The number of hydrogen-bond acceptors (Lipinski definition) is 5. The van der Waals surface area contributed by atoms with Gasteiger partial charge in [0.25, 0.3) is 0 Å². The van der Waals surface area contributed by atoms with E-state index in [4.69, 9.17) is 10.5 Å². The van der Waals surface area contributed by atoms with E-state index in [0.717, 1.165) is 12.2 Å². The van der Waals surface area contributed by atoms with Crippen molar-refractivity contribution in [2.45, 2.75) is 17.6 Å². The van der Waals surface area contributed by atoms with Gasteiger partial charge in [-0.15, -0.1) is 0 Å². The highest BCUT2D eigenvalue weighted by atomic mass is 32.2. The van der Waals surface area contributed by atoms with Crippen LogP contribution in [0.4, 0.5) is 11.4 Å². The zero-order valence-electron chi connectivity index (χ0n) is 10.7. The van der Waals surface area contributed by atoms with E-state index in [1.54, 1.807) is 12.1 Å². The number of esters is 1. The van der Waals surface area contributed by atoms with Gasteiger partial charge in [0.05, 0.1) is 12.7 Å². The van der Waals surface area contributed by atoms with E-state index < -0.39 is 5.97 Å². The number of carbonyl (C=O) groups excluding carboxylic acids is 1. The fourth-order valence-electron chi connectivity index (χ4n) is 1.81. The van der Waals surface area contributed by atoms with Gasteiger partial charge in [0, 0.05) is 22.7 Å². The highest BCUT2D eigenvalue weighted by Crippen LogP contribution is 2.47. The van der Waals surface area contributed by atoms with Gasteiger partial charge >= 0.3 is 5.97 Å². The Morgan fingerprint density at radius 2 is 2.28 bits per heavy atom. The van der Waals surface area contributed by atoms with Crippen molar-refractivity contribution in [2.24, 2.45) is 0 Å². The van der Waals surface area contributed by atoms with Crippen LogP contribution in [0.25, 0.3) is 0 Å². The average Bonchev–Trinajstić information content (AvgIpc) is 3.17. The van der Waals surface area contributed by atoms with E-state index in [-0.39, 0.29) is 0 Å². The van der Waals surface area contributed by atoms with Crippen molar-refractivity contribution in [3.8, 4) is 0 Å². The maximum atomic E-state index is 11.5. The van der Waals surface area contributed by atoms with Crippen LogP contribution in [0.2, 0.25) is 0 Å². The summed E-state index contributed by atoms with van der Waals surface area (Å²) in [4.78, 5) is 11.5. The molecule has 1 saturated carbocycles. The molecule has 1 fully saturated rings. The zero-order valence-corrected chi connectivity index (χ0v) is 11.5. The van der Waals surface area contributed by atoms with E-state index >= 15 is 0 Å². The molecule has 0 amide bonds. The SMILES string of the molecule is COC(=O)c1cc(NCC2(SC)CC2)ccc1N. The highest BCUT2D eigenvalue weighted by molar-refractivity contribution is 8.00. The summed E-state index contributed by atoms with van der Waals surface area (Å²) in [7, 11) is 1.36. The third-order valence-electron chi connectivity index (χ3n) is 3.31. The molecule has 0 spiro atoms. The van der Waals surface area contributed by atoms with Crippen LogP contribution in [0.3, 0.4) is 0 Å². The Bertz CT molecular complexity index is 458. The smallest absolute Gasteiger partial charge is 0.340 e.